The quantitative estimate of drug-likeness (QED) is 0.0668. The van der Waals surface area contributed by atoms with Crippen LogP contribution in [-0.2, 0) is 18.0 Å². The van der Waals surface area contributed by atoms with Gasteiger partial charge in [0.1, 0.15) is 143 Å². The standard InChI is InChI=1S/C29H27FN6O4.C28H23FN6O3.IO4.Na/c1-17-33-13-18(14-34-17)15-39-23-8-21(30)9-24(10-23)40-22-4-2-19(3-5-22)25-26-27(31)32-6-7-36(26)28(35-25)20-11-29(38,12-20)16-37;1-16-32-13-17(14-33-16)15-37-23-10-20(29)11-24(12-23)38-22-4-2-18(3-5-22)25-26-27(30)31-6-7-35(26)28(34-25)19-8-21(36)9-19;2-1(3,4)5;/h2-10,13-14,20,37-38H,11-12,15-16H2,1H3,(H2,31,32);2-7,10-14,19H,8-9,15H2,1H3,(H2,30,31);;/q;;-1;+1. The summed E-state index contributed by atoms with van der Waals surface area (Å²) < 4.78 is 90.1. The fraction of sp³-hybridized carbons (Fsp3) is 0.211. The summed E-state index contributed by atoms with van der Waals surface area (Å²) in [4.78, 5) is 46.3. The van der Waals surface area contributed by atoms with Crippen molar-refractivity contribution in [1.82, 2.24) is 48.7 Å². The van der Waals surface area contributed by atoms with Crippen molar-refractivity contribution >= 4 is 28.5 Å². The average Bonchev–Trinajstić information content (AvgIpc) is 1.71. The third-order valence-corrected chi connectivity index (χ3v) is 13.3. The Bertz CT molecular complexity index is 3930. The van der Waals surface area contributed by atoms with Crippen LogP contribution >= 0.6 is 0 Å². The van der Waals surface area contributed by atoms with E-state index < -0.39 is 37.3 Å². The van der Waals surface area contributed by atoms with Crippen LogP contribution in [0.3, 0.4) is 0 Å². The van der Waals surface area contributed by atoms with Crippen molar-refractivity contribution in [3.05, 3.63) is 181 Å². The molecule has 6 N–H and O–H groups in total. The number of imidazole rings is 2. The monoisotopic (exact) mass is 1270 g/mol. The zero-order valence-corrected chi connectivity index (χ0v) is 49.3. The number of anilines is 2. The number of rotatable bonds is 15. The van der Waals surface area contributed by atoms with Gasteiger partial charge in [-0.3, -0.25) is 27.3 Å². The number of hydrogen-bond donors (Lipinski definition) is 4. The van der Waals surface area contributed by atoms with Crippen LogP contribution < -0.4 is 93.8 Å². The Morgan fingerprint density at radius 1 is 0.607 bits per heavy atom. The molecule has 0 unspecified atom stereocenters. The Balaban J connectivity index is 0.000000185. The number of carbonyl (C=O) groups excluding carboxylic acids is 1. The predicted molar refractivity (Wildman–Crippen MR) is 282 cm³/mol. The first-order valence-electron chi connectivity index (χ1n) is 25.4. The van der Waals surface area contributed by atoms with Crippen LogP contribution in [-0.4, -0.2) is 76.9 Å². The van der Waals surface area contributed by atoms with Gasteiger partial charge in [-0.1, -0.05) is 0 Å². The van der Waals surface area contributed by atoms with Gasteiger partial charge >= 0.3 is 29.6 Å². The Morgan fingerprint density at radius 3 is 1.37 bits per heavy atom. The predicted octanol–water partition coefficient (Wildman–Crippen LogP) is -1.53. The molecule has 0 bridgehead atoms. The van der Waals surface area contributed by atoms with E-state index in [2.05, 4.69) is 29.9 Å². The second kappa shape index (κ2) is 25.9. The van der Waals surface area contributed by atoms with Gasteiger partial charge in [-0.15, -0.1) is 0 Å². The van der Waals surface area contributed by atoms with E-state index in [0.29, 0.717) is 100 Å². The Hall–Kier alpha value is -7.90. The largest absolute Gasteiger partial charge is 1.00 e. The first-order valence-corrected chi connectivity index (χ1v) is 29.0. The summed E-state index contributed by atoms with van der Waals surface area (Å²) in [5, 5.41) is 19.7. The van der Waals surface area contributed by atoms with Gasteiger partial charge in [-0.2, -0.15) is 0 Å². The molecular weight excluding hydrogens is 1220 g/mol. The summed E-state index contributed by atoms with van der Waals surface area (Å²) in [7, 11) is 0. The number of benzene rings is 4. The van der Waals surface area contributed by atoms with Gasteiger partial charge < -0.3 is 40.6 Å². The molecule has 84 heavy (non-hydrogen) atoms. The summed E-state index contributed by atoms with van der Waals surface area (Å²) in [5.74, 6) is 5.09. The topological polar surface area (TPSA) is 351 Å². The van der Waals surface area contributed by atoms with Crippen LogP contribution in [0.5, 0.6) is 34.5 Å². The summed E-state index contributed by atoms with van der Waals surface area (Å²) in [6.45, 7) is 3.70. The number of aliphatic hydroxyl groups excluding tert-OH is 1. The molecule has 0 amide bonds. The minimum absolute atomic E-state index is 0. The number of halogens is 3. The molecule has 0 atom stereocenters. The fourth-order valence-corrected chi connectivity index (χ4v) is 9.31. The summed E-state index contributed by atoms with van der Waals surface area (Å²) in [6, 6.07) is 22.8. The van der Waals surface area contributed by atoms with Crippen LogP contribution in [0.25, 0.3) is 33.5 Å². The minimum Gasteiger partial charge on any atom is -0.489 e. The maximum Gasteiger partial charge on any atom is 1.00 e. The molecule has 0 spiro atoms. The van der Waals surface area contributed by atoms with E-state index in [1.54, 1.807) is 93.6 Å². The summed E-state index contributed by atoms with van der Waals surface area (Å²) in [6.07, 6.45) is 15.3. The van der Waals surface area contributed by atoms with E-state index >= 15 is 0 Å². The molecule has 426 valence electrons. The zero-order valence-electron chi connectivity index (χ0n) is 45.1. The number of nitrogens with two attached hydrogens (primary N) is 2. The molecule has 2 aliphatic carbocycles. The molecular formula is C57H50F2IN12NaO11. The normalized spacial score (nSPS) is 15.6. The number of nitrogen functional groups attached to an aromatic ring is 2. The Morgan fingerprint density at radius 2 is 0.988 bits per heavy atom. The third-order valence-electron chi connectivity index (χ3n) is 13.3. The second-order valence-electron chi connectivity index (χ2n) is 19.6. The van der Waals surface area contributed by atoms with Crippen molar-refractivity contribution in [3.8, 4) is 57.0 Å². The second-order valence-corrected chi connectivity index (χ2v) is 21.7. The molecule has 27 heteroatoms. The first kappa shape index (κ1) is 60.7. The van der Waals surface area contributed by atoms with Gasteiger partial charge in [0.15, 0.2) is 0 Å². The Kier molecular flexibility index (Phi) is 18.7. The van der Waals surface area contributed by atoms with Crippen molar-refractivity contribution in [1.29, 1.82) is 0 Å². The number of ketones is 1. The molecule has 23 nitrogen and oxygen atoms in total. The molecule has 0 radical (unpaired) electrons. The molecule has 10 aromatic rings. The van der Waals surface area contributed by atoms with Crippen molar-refractivity contribution < 1.29 is 106 Å². The van der Waals surface area contributed by atoms with E-state index in [1.165, 1.54) is 24.3 Å². The van der Waals surface area contributed by atoms with Crippen LogP contribution in [0.4, 0.5) is 20.4 Å². The van der Waals surface area contributed by atoms with Crippen LogP contribution in [0.2, 0.25) is 0 Å². The van der Waals surface area contributed by atoms with Gasteiger partial charge in [0.25, 0.3) is 0 Å². The minimum atomic E-state index is -5.94. The van der Waals surface area contributed by atoms with Crippen molar-refractivity contribution in [2.75, 3.05) is 18.1 Å². The first-order chi connectivity index (χ1) is 39.7. The molecule has 12 rings (SSSR count). The van der Waals surface area contributed by atoms with Crippen molar-refractivity contribution in [2.24, 2.45) is 0 Å². The third kappa shape index (κ3) is 14.9. The molecule has 2 saturated carbocycles. The van der Waals surface area contributed by atoms with Crippen molar-refractivity contribution in [2.45, 2.75) is 70.2 Å². The van der Waals surface area contributed by atoms with Gasteiger partial charge in [0.2, 0.25) is 0 Å². The van der Waals surface area contributed by atoms with Crippen LogP contribution in [0.15, 0.2) is 135 Å². The molecule has 0 saturated heterocycles. The van der Waals surface area contributed by atoms with Gasteiger partial charge in [-0.25, -0.2) is 48.7 Å². The number of hydrogen-bond acceptors (Lipinski definition) is 21. The number of fused-ring (bicyclic) bond motifs is 2. The number of aromatic nitrogens is 10. The van der Waals surface area contributed by atoms with E-state index in [9.17, 15) is 23.8 Å². The molecule has 4 aromatic carbocycles. The van der Waals surface area contributed by atoms with Crippen LogP contribution in [0, 0.1) is 25.5 Å². The zero-order chi connectivity index (χ0) is 58.6. The van der Waals surface area contributed by atoms with Gasteiger partial charge in [-0.05, 0) is 75.2 Å². The maximum atomic E-state index is 14.3. The SMILES string of the molecule is Cc1ncc(COc2cc(F)cc(Oc3ccc(-c4nc(C5CC(=O)C5)n5ccnc(N)c45)cc3)c2)cn1.Cc1ncc(COc2cc(F)cc(Oc3ccc(-c4nc(C5CC(O)(CO)C5)n5ccnc(N)c45)cc3)c2)cn1.[Na+].[O-][I+3]([O-])([O-])[O-]. The van der Waals surface area contributed by atoms with Crippen molar-refractivity contribution in [3.63, 3.8) is 0 Å². The summed E-state index contributed by atoms with van der Waals surface area (Å²) in [5.41, 5.74) is 17.2. The number of nitrogens with zero attached hydrogens (tertiary/aromatic N) is 10. The summed E-state index contributed by atoms with van der Waals surface area (Å²) >= 11 is -5.94. The molecule has 0 aliphatic heterocycles. The number of ether oxygens (including phenoxy) is 4. The molecule has 2 fully saturated rings. The molecule has 6 aromatic heterocycles. The van der Waals surface area contributed by atoms with E-state index in [-0.39, 0.29) is 72.7 Å². The number of aliphatic hydroxyl groups is 2. The average molecular weight is 1270 g/mol. The fourth-order valence-electron chi connectivity index (χ4n) is 9.31. The van der Waals surface area contributed by atoms with Crippen LogP contribution in [0.1, 0.15) is 71.9 Å². The van der Waals surface area contributed by atoms with Gasteiger partial charge in [0.05, 0.1) is 12.2 Å². The van der Waals surface area contributed by atoms with E-state index in [4.69, 9.17) is 54.1 Å². The van der Waals surface area contributed by atoms with E-state index in [0.717, 1.165) is 33.9 Å². The molecule has 2 aliphatic rings. The maximum absolute atomic E-state index is 14.3. The number of carbonyl (C=O) groups is 1. The van der Waals surface area contributed by atoms with E-state index in [1.807, 2.05) is 39.3 Å². The Labute approximate surface area is 505 Å². The molecule has 6 heterocycles. The van der Waals surface area contributed by atoms with Gasteiger partial charge in [0, 0.05) is 133 Å². The number of aryl methyl sites for hydroxylation is 2. The smallest absolute Gasteiger partial charge is 0.489 e. The number of Topliss-reactive ketones (excluding diaryl/α,β-unsaturated/α-hetero) is 1.